The lowest BCUT2D eigenvalue weighted by molar-refractivity contribution is -0.0322. The van der Waals surface area contributed by atoms with E-state index in [0.717, 1.165) is 11.8 Å². The summed E-state index contributed by atoms with van der Waals surface area (Å²) in [5, 5.41) is 0. The molecule has 0 aromatic carbocycles. The van der Waals surface area contributed by atoms with Crippen LogP contribution in [0.4, 0.5) is 0 Å². The van der Waals surface area contributed by atoms with Crippen molar-refractivity contribution in [1.82, 2.24) is 0 Å². The minimum absolute atomic E-state index is 0.527. The fourth-order valence-electron chi connectivity index (χ4n) is 4.69. The maximum atomic E-state index is 4.04. The number of alkyl halides is 2. The van der Waals surface area contributed by atoms with Crippen LogP contribution in [0.1, 0.15) is 45.4 Å². The number of hydrogen-bond donors (Lipinski definition) is 0. The molecule has 4 aliphatic carbocycles. The van der Waals surface area contributed by atoms with Gasteiger partial charge in [0.05, 0.1) is 0 Å². The van der Waals surface area contributed by atoms with Crippen LogP contribution in [0.3, 0.4) is 0 Å². The molecule has 0 radical (unpaired) electrons. The molecule has 0 aromatic rings. The second kappa shape index (κ2) is 3.00. The van der Waals surface area contributed by atoms with Gasteiger partial charge in [-0.25, -0.2) is 0 Å². The first-order valence-electron chi connectivity index (χ1n) is 5.84. The van der Waals surface area contributed by atoms with Gasteiger partial charge in [0, 0.05) is 9.15 Å². The summed E-state index contributed by atoms with van der Waals surface area (Å²) in [4.78, 5) is 0.706. The molecule has 4 bridgehead atoms. The van der Waals surface area contributed by atoms with Gasteiger partial charge in [0.25, 0.3) is 0 Å². The molecule has 3 atom stereocenters. The van der Waals surface area contributed by atoms with Gasteiger partial charge in [0.15, 0.2) is 0 Å². The predicted octanol–water partition coefficient (Wildman–Crippen LogP) is 4.50. The first kappa shape index (κ1) is 10.1. The van der Waals surface area contributed by atoms with Gasteiger partial charge in [-0.3, -0.25) is 0 Å². The van der Waals surface area contributed by atoms with Crippen molar-refractivity contribution in [3.8, 4) is 0 Å². The topological polar surface area (TPSA) is 0 Å². The minimum atomic E-state index is 0.527. The van der Waals surface area contributed by atoms with Crippen LogP contribution < -0.4 is 0 Å². The van der Waals surface area contributed by atoms with E-state index in [4.69, 9.17) is 0 Å². The Bertz CT molecular complexity index is 245. The van der Waals surface area contributed by atoms with Crippen LogP contribution in [0, 0.1) is 17.3 Å². The summed E-state index contributed by atoms with van der Waals surface area (Å²) in [5.74, 6) is 2.05. The first-order chi connectivity index (χ1) is 6.51. The molecular formula is C12H18Br2. The Labute approximate surface area is 103 Å². The van der Waals surface area contributed by atoms with E-state index in [2.05, 4.69) is 38.8 Å². The molecule has 0 N–H and O–H groups in total. The monoisotopic (exact) mass is 320 g/mol. The normalized spacial score (nSPS) is 57.6. The molecule has 0 saturated heterocycles. The van der Waals surface area contributed by atoms with Crippen LogP contribution in [0.5, 0.6) is 0 Å². The average molecular weight is 322 g/mol. The van der Waals surface area contributed by atoms with Crippen LogP contribution >= 0.6 is 31.9 Å². The van der Waals surface area contributed by atoms with Gasteiger partial charge in [-0.15, -0.1) is 0 Å². The van der Waals surface area contributed by atoms with Crippen molar-refractivity contribution in [2.75, 3.05) is 0 Å². The minimum Gasteiger partial charge on any atom is -0.0888 e. The Morgan fingerprint density at radius 3 is 2.14 bits per heavy atom. The average Bonchev–Trinajstić information content (AvgIpc) is 1.98. The highest BCUT2D eigenvalue weighted by molar-refractivity contribution is 9.10. The quantitative estimate of drug-likeness (QED) is 0.624. The smallest absolute Gasteiger partial charge is 0.0269 e. The van der Waals surface area contributed by atoms with E-state index in [1.807, 2.05) is 0 Å². The maximum Gasteiger partial charge on any atom is 0.0269 e. The molecule has 0 aliphatic heterocycles. The zero-order valence-corrected chi connectivity index (χ0v) is 11.9. The molecule has 4 rings (SSSR count). The van der Waals surface area contributed by atoms with Gasteiger partial charge >= 0.3 is 0 Å². The summed E-state index contributed by atoms with van der Waals surface area (Å²) >= 11 is 7.91. The molecule has 0 unspecified atom stereocenters. The number of rotatable bonds is 1. The van der Waals surface area contributed by atoms with Crippen LogP contribution in [-0.4, -0.2) is 9.15 Å². The third-order valence-corrected chi connectivity index (χ3v) is 6.78. The van der Waals surface area contributed by atoms with E-state index in [1.54, 1.807) is 0 Å². The lowest BCUT2D eigenvalue weighted by Crippen LogP contribution is -2.55. The van der Waals surface area contributed by atoms with Crippen molar-refractivity contribution in [2.24, 2.45) is 17.3 Å². The molecular weight excluding hydrogens is 304 g/mol. The Balaban J connectivity index is 1.96. The Kier molecular flexibility index (Phi) is 2.17. The molecule has 2 heteroatoms. The molecule has 0 heterocycles. The summed E-state index contributed by atoms with van der Waals surface area (Å²) in [6.45, 7) is 2.36. The second-order valence-corrected chi connectivity index (χ2v) is 9.15. The number of hydrogen-bond acceptors (Lipinski definition) is 0. The van der Waals surface area contributed by atoms with E-state index in [1.165, 1.54) is 38.5 Å². The standard InChI is InChI=1S/C12H18Br2/c1-8(13)11-3-9-2-10(4-11)6-12(14,5-9)7-11/h8-10H,2-7H2,1H3/t8-,9+,10+,11?,12?/m1/s1. The summed E-state index contributed by atoms with van der Waals surface area (Å²) in [6, 6.07) is 0. The van der Waals surface area contributed by atoms with E-state index < -0.39 is 0 Å². The predicted molar refractivity (Wildman–Crippen MR) is 67.2 cm³/mol. The van der Waals surface area contributed by atoms with Crippen molar-refractivity contribution in [3.05, 3.63) is 0 Å². The Morgan fingerprint density at radius 1 is 1.14 bits per heavy atom. The maximum absolute atomic E-state index is 4.04. The molecule has 0 aromatic heterocycles. The van der Waals surface area contributed by atoms with Crippen LogP contribution in [-0.2, 0) is 0 Å². The fraction of sp³-hybridized carbons (Fsp3) is 1.00. The highest BCUT2D eigenvalue weighted by Gasteiger charge is 2.57. The summed E-state index contributed by atoms with van der Waals surface area (Å²) < 4.78 is 0.527. The highest BCUT2D eigenvalue weighted by Crippen LogP contribution is 2.66. The number of halogens is 2. The first-order valence-corrected chi connectivity index (χ1v) is 7.55. The molecule has 14 heavy (non-hydrogen) atoms. The summed E-state index contributed by atoms with van der Waals surface area (Å²) in [6.07, 6.45) is 8.82. The fourth-order valence-corrected chi connectivity index (χ4v) is 6.70. The molecule has 0 nitrogen and oxygen atoms in total. The van der Waals surface area contributed by atoms with Gasteiger partial charge in [0.2, 0.25) is 0 Å². The second-order valence-electron chi connectivity index (χ2n) is 6.09. The van der Waals surface area contributed by atoms with E-state index >= 15 is 0 Å². The van der Waals surface area contributed by atoms with E-state index in [0.29, 0.717) is 14.6 Å². The third kappa shape index (κ3) is 1.36. The van der Waals surface area contributed by atoms with Crippen LogP contribution in [0.15, 0.2) is 0 Å². The summed E-state index contributed by atoms with van der Waals surface area (Å²) in [7, 11) is 0. The molecule has 0 amide bonds. The Morgan fingerprint density at radius 2 is 1.71 bits per heavy atom. The molecule has 4 aliphatic rings. The molecule has 4 saturated carbocycles. The molecule has 4 fully saturated rings. The van der Waals surface area contributed by atoms with Crippen molar-refractivity contribution in [3.63, 3.8) is 0 Å². The van der Waals surface area contributed by atoms with E-state index in [-0.39, 0.29) is 0 Å². The van der Waals surface area contributed by atoms with Crippen molar-refractivity contribution in [2.45, 2.75) is 54.6 Å². The van der Waals surface area contributed by atoms with Gasteiger partial charge in [-0.2, -0.15) is 0 Å². The van der Waals surface area contributed by atoms with Crippen molar-refractivity contribution in [1.29, 1.82) is 0 Å². The largest absolute Gasteiger partial charge is 0.0888 e. The lowest BCUT2D eigenvalue weighted by atomic mass is 9.49. The molecule has 0 spiro atoms. The van der Waals surface area contributed by atoms with Crippen LogP contribution in [0.25, 0.3) is 0 Å². The highest BCUT2D eigenvalue weighted by atomic mass is 79.9. The van der Waals surface area contributed by atoms with Crippen LogP contribution in [0.2, 0.25) is 0 Å². The van der Waals surface area contributed by atoms with E-state index in [9.17, 15) is 0 Å². The van der Waals surface area contributed by atoms with Gasteiger partial charge < -0.3 is 0 Å². The van der Waals surface area contributed by atoms with Gasteiger partial charge in [-0.05, 0) is 55.8 Å². The zero-order chi connectivity index (χ0) is 9.97. The SMILES string of the molecule is C[C@@H](Br)C12C[C@@H]3C[C@H](CC(Br)(C3)C1)C2. The van der Waals surface area contributed by atoms with Crippen molar-refractivity contribution < 1.29 is 0 Å². The van der Waals surface area contributed by atoms with Gasteiger partial charge in [0.1, 0.15) is 0 Å². The van der Waals surface area contributed by atoms with Gasteiger partial charge in [-0.1, -0.05) is 38.8 Å². The summed E-state index contributed by atoms with van der Waals surface area (Å²) in [5.41, 5.74) is 0.633. The zero-order valence-electron chi connectivity index (χ0n) is 8.73. The Hall–Kier alpha value is 0.960. The van der Waals surface area contributed by atoms with Crippen molar-refractivity contribution >= 4 is 31.9 Å². The molecule has 80 valence electrons. The third-order valence-electron chi connectivity index (χ3n) is 4.88. The lowest BCUT2D eigenvalue weighted by Gasteiger charge is -2.61.